The molecule has 2 aromatic carbocycles. The van der Waals surface area contributed by atoms with Gasteiger partial charge in [-0.1, -0.05) is 11.6 Å². The Kier molecular flexibility index (Phi) is 4.37. The molecule has 0 aliphatic heterocycles. The van der Waals surface area contributed by atoms with Gasteiger partial charge >= 0.3 is 0 Å². The van der Waals surface area contributed by atoms with E-state index >= 15 is 4.39 Å². The SMILES string of the molecule is CNc1nc(-c2cnccn2)nc2ccc(-c3cc(F)cc(Cl)c3)c(F)c12. The van der Waals surface area contributed by atoms with E-state index in [4.69, 9.17) is 11.6 Å². The van der Waals surface area contributed by atoms with Gasteiger partial charge < -0.3 is 5.32 Å². The van der Waals surface area contributed by atoms with Crippen LogP contribution >= 0.6 is 11.6 Å². The average molecular weight is 384 g/mol. The van der Waals surface area contributed by atoms with Crippen molar-refractivity contribution in [2.45, 2.75) is 0 Å². The van der Waals surface area contributed by atoms with Gasteiger partial charge in [-0.3, -0.25) is 4.98 Å². The molecule has 5 nitrogen and oxygen atoms in total. The molecule has 0 aliphatic carbocycles. The summed E-state index contributed by atoms with van der Waals surface area (Å²) in [5, 5.41) is 3.27. The molecule has 2 aromatic heterocycles. The zero-order valence-electron chi connectivity index (χ0n) is 14.0. The van der Waals surface area contributed by atoms with Gasteiger partial charge in [-0.25, -0.2) is 23.7 Å². The third-order valence-electron chi connectivity index (χ3n) is 4.00. The lowest BCUT2D eigenvalue weighted by Crippen LogP contribution is -2.02. The fourth-order valence-electron chi connectivity index (χ4n) is 2.83. The molecule has 4 aromatic rings. The fraction of sp³-hybridized carbons (Fsp3) is 0.0526. The second-order valence-corrected chi connectivity index (χ2v) is 6.15. The van der Waals surface area contributed by atoms with Crippen LogP contribution in [0.5, 0.6) is 0 Å². The van der Waals surface area contributed by atoms with Crippen LogP contribution in [0.4, 0.5) is 14.6 Å². The van der Waals surface area contributed by atoms with E-state index < -0.39 is 11.6 Å². The standard InChI is InChI=1S/C19H12ClF2N5/c1-23-19-16-14(26-18(27-19)15-9-24-4-5-25-15)3-2-13(17(16)22)10-6-11(20)8-12(21)7-10/h2-9H,1H3,(H,23,26,27). The summed E-state index contributed by atoms with van der Waals surface area (Å²) in [5.41, 5.74) is 1.40. The number of benzene rings is 2. The third kappa shape index (κ3) is 3.17. The summed E-state index contributed by atoms with van der Waals surface area (Å²) in [6.07, 6.45) is 4.60. The molecule has 0 unspecified atom stereocenters. The number of rotatable bonds is 3. The molecule has 0 radical (unpaired) electrons. The number of halogens is 3. The second kappa shape index (κ2) is 6.85. The molecular formula is C19H12ClF2N5. The average Bonchev–Trinajstić information content (AvgIpc) is 2.67. The smallest absolute Gasteiger partial charge is 0.182 e. The topological polar surface area (TPSA) is 63.6 Å². The molecule has 27 heavy (non-hydrogen) atoms. The van der Waals surface area contributed by atoms with Crippen LogP contribution in [0.1, 0.15) is 0 Å². The van der Waals surface area contributed by atoms with E-state index in [-0.39, 0.29) is 16.0 Å². The van der Waals surface area contributed by atoms with Crippen molar-refractivity contribution < 1.29 is 8.78 Å². The summed E-state index contributed by atoms with van der Waals surface area (Å²) in [7, 11) is 1.63. The molecule has 1 N–H and O–H groups in total. The molecule has 4 rings (SSSR count). The monoisotopic (exact) mass is 383 g/mol. The summed E-state index contributed by atoms with van der Waals surface area (Å²) < 4.78 is 29.0. The highest BCUT2D eigenvalue weighted by atomic mass is 35.5. The molecule has 0 saturated carbocycles. The van der Waals surface area contributed by atoms with Crippen LogP contribution in [0, 0.1) is 11.6 Å². The van der Waals surface area contributed by atoms with Crippen molar-refractivity contribution in [1.29, 1.82) is 0 Å². The Morgan fingerprint density at radius 2 is 1.89 bits per heavy atom. The summed E-state index contributed by atoms with van der Waals surface area (Å²) >= 11 is 5.91. The van der Waals surface area contributed by atoms with Crippen LogP contribution in [0.15, 0.2) is 48.9 Å². The van der Waals surface area contributed by atoms with E-state index in [1.807, 2.05) is 0 Å². The minimum absolute atomic E-state index is 0.188. The summed E-state index contributed by atoms with van der Waals surface area (Å²) in [5.74, 6) is -0.493. The number of nitrogens with one attached hydrogen (secondary N) is 1. The van der Waals surface area contributed by atoms with Crippen molar-refractivity contribution in [2.75, 3.05) is 12.4 Å². The Morgan fingerprint density at radius 3 is 2.59 bits per heavy atom. The van der Waals surface area contributed by atoms with Crippen LogP contribution in [-0.2, 0) is 0 Å². The van der Waals surface area contributed by atoms with Gasteiger partial charge in [0.15, 0.2) is 5.82 Å². The Morgan fingerprint density at radius 1 is 1.04 bits per heavy atom. The van der Waals surface area contributed by atoms with Crippen molar-refractivity contribution in [2.24, 2.45) is 0 Å². The zero-order valence-corrected chi connectivity index (χ0v) is 14.8. The number of aromatic nitrogens is 4. The minimum atomic E-state index is -0.566. The lowest BCUT2D eigenvalue weighted by Gasteiger charge is -2.12. The Hall–Kier alpha value is -3.19. The first-order valence-electron chi connectivity index (χ1n) is 7.97. The van der Waals surface area contributed by atoms with Crippen LogP contribution in [0.2, 0.25) is 5.02 Å². The lowest BCUT2D eigenvalue weighted by molar-refractivity contribution is 0.627. The molecule has 0 amide bonds. The van der Waals surface area contributed by atoms with Gasteiger partial charge in [-0.2, -0.15) is 0 Å². The first-order valence-corrected chi connectivity index (χ1v) is 8.35. The number of hydrogen-bond acceptors (Lipinski definition) is 5. The summed E-state index contributed by atoms with van der Waals surface area (Å²) in [6, 6.07) is 7.08. The van der Waals surface area contributed by atoms with Crippen molar-refractivity contribution >= 4 is 28.3 Å². The number of fused-ring (bicyclic) bond motifs is 1. The van der Waals surface area contributed by atoms with Gasteiger partial charge in [0.1, 0.15) is 23.1 Å². The molecule has 8 heteroatoms. The maximum absolute atomic E-state index is 15.3. The van der Waals surface area contributed by atoms with E-state index in [0.717, 1.165) is 0 Å². The molecule has 0 bridgehead atoms. The van der Waals surface area contributed by atoms with E-state index in [1.165, 1.54) is 36.7 Å². The molecule has 0 atom stereocenters. The van der Waals surface area contributed by atoms with E-state index in [9.17, 15) is 4.39 Å². The Balaban J connectivity index is 1.95. The highest BCUT2D eigenvalue weighted by Crippen LogP contribution is 2.34. The van der Waals surface area contributed by atoms with Gasteiger partial charge in [-0.05, 0) is 35.9 Å². The number of hydrogen-bond donors (Lipinski definition) is 1. The molecule has 0 fully saturated rings. The molecule has 0 saturated heterocycles. The zero-order chi connectivity index (χ0) is 19.0. The van der Waals surface area contributed by atoms with Crippen molar-refractivity contribution in [1.82, 2.24) is 19.9 Å². The van der Waals surface area contributed by atoms with Gasteiger partial charge in [0.05, 0.1) is 17.1 Å². The molecular weight excluding hydrogens is 372 g/mol. The molecule has 134 valence electrons. The van der Waals surface area contributed by atoms with Crippen molar-refractivity contribution in [3.05, 3.63) is 65.6 Å². The number of nitrogens with zero attached hydrogens (tertiary/aromatic N) is 4. The minimum Gasteiger partial charge on any atom is -0.372 e. The van der Waals surface area contributed by atoms with Crippen molar-refractivity contribution in [3.63, 3.8) is 0 Å². The molecule has 2 heterocycles. The van der Waals surface area contributed by atoms with Gasteiger partial charge in [0.25, 0.3) is 0 Å². The first-order chi connectivity index (χ1) is 13.1. The highest BCUT2D eigenvalue weighted by molar-refractivity contribution is 6.30. The number of anilines is 1. The largest absolute Gasteiger partial charge is 0.372 e. The molecule has 0 aliphatic rings. The first kappa shape index (κ1) is 17.2. The Bertz CT molecular complexity index is 1130. The maximum Gasteiger partial charge on any atom is 0.182 e. The predicted molar refractivity (Wildman–Crippen MR) is 100 cm³/mol. The lowest BCUT2D eigenvalue weighted by atomic mass is 10.0. The van der Waals surface area contributed by atoms with Crippen LogP contribution in [0.3, 0.4) is 0 Å². The third-order valence-corrected chi connectivity index (χ3v) is 4.22. The van der Waals surface area contributed by atoms with Gasteiger partial charge in [-0.15, -0.1) is 0 Å². The van der Waals surface area contributed by atoms with E-state index in [1.54, 1.807) is 19.3 Å². The maximum atomic E-state index is 15.3. The quantitative estimate of drug-likeness (QED) is 0.554. The van der Waals surface area contributed by atoms with Crippen molar-refractivity contribution in [3.8, 4) is 22.6 Å². The highest BCUT2D eigenvalue weighted by Gasteiger charge is 2.17. The fourth-order valence-corrected chi connectivity index (χ4v) is 3.05. The summed E-state index contributed by atoms with van der Waals surface area (Å²) in [6.45, 7) is 0. The van der Waals surface area contributed by atoms with Crippen LogP contribution < -0.4 is 5.32 Å². The van der Waals surface area contributed by atoms with Crippen LogP contribution in [-0.4, -0.2) is 27.0 Å². The Labute approximate surface area is 158 Å². The van der Waals surface area contributed by atoms with Crippen LogP contribution in [0.25, 0.3) is 33.5 Å². The second-order valence-electron chi connectivity index (χ2n) is 5.72. The van der Waals surface area contributed by atoms with Gasteiger partial charge in [0, 0.05) is 30.0 Å². The molecule has 0 spiro atoms. The predicted octanol–water partition coefficient (Wildman–Crippen LogP) is 4.73. The summed E-state index contributed by atoms with van der Waals surface area (Å²) in [4.78, 5) is 16.9. The van der Waals surface area contributed by atoms with E-state index in [2.05, 4.69) is 25.3 Å². The normalized spacial score (nSPS) is 11.0. The van der Waals surface area contributed by atoms with E-state index in [0.29, 0.717) is 28.4 Å². The van der Waals surface area contributed by atoms with Gasteiger partial charge in [0.2, 0.25) is 0 Å².